The van der Waals surface area contributed by atoms with Gasteiger partial charge in [-0.05, 0) is 158 Å². The van der Waals surface area contributed by atoms with E-state index in [1.165, 1.54) is 155 Å². The number of para-hydroxylation sites is 2. The van der Waals surface area contributed by atoms with Crippen molar-refractivity contribution < 1.29 is 52.8 Å². The predicted molar refractivity (Wildman–Crippen MR) is 466 cm³/mol. The number of carbonyl (C=O) groups is 4. The van der Waals surface area contributed by atoms with Crippen molar-refractivity contribution in [3.63, 3.8) is 0 Å². The van der Waals surface area contributed by atoms with E-state index in [1.807, 2.05) is 78.9 Å². The number of nitriles is 1. The summed E-state index contributed by atoms with van der Waals surface area (Å²) < 4.78 is 112. The van der Waals surface area contributed by atoms with E-state index >= 15 is 0 Å². The predicted octanol–water partition coefficient (Wildman–Crippen LogP) is 16.0. The highest BCUT2D eigenvalue weighted by Gasteiger charge is 2.23. The quantitative estimate of drug-likeness (QED) is 0.0300. The van der Waals surface area contributed by atoms with Crippen molar-refractivity contribution >= 4 is 208 Å². The molecule has 7 heterocycles. The number of nitrogens with one attached hydrogen (secondary N) is 11. The molecule has 32 nitrogen and oxygen atoms in total. The van der Waals surface area contributed by atoms with E-state index in [1.54, 1.807) is 71.1 Å². The molecule has 1 aliphatic heterocycles. The number of nitrogens with zero attached hydrogens (tertiary/aromatic N) is 9. The van der Waals surface area contributed by atoms with Gasteiger partial charge in [-0.1, -0.05) is 72.8 Å². The van der Waals surface area contributed by atoms with Crippen LogP contribution in [0.25, 0.3) is 32.4 Å². The molecule has 1 aliphatic rings. The lowest BCUT2D eigenvalue weighted by molar-refractivity contribution is -0.116. The molecule has 40 heteroatoms. The Morgan fingerprint density at radius 3 is 1.38 bits per heavy atom. The maximum atomic E-state index is 12.4. The average molecular weight is 1740 g/mol. The number of pyridine rings is 2. The van der Waals surface area contributed by atoms with Crippen molar-refractivity contribution in [2.24, 2.45) is 0 Å². The van der Waals surface area contributed by atoms with Gasteiger partial charge in [0.25, 0.3) is 40.1 Å². The molecule has 0 atom stereocenters. The van der Waals surface area contributed by atoms with Gasteiger partial charge in [0.05, 0.1) is 53.8 Å². The molecule has 16 rings (SSSR count). The zero-order chi connectivity index (χ0) is 83.4. The Balaban J connectivity index is 0.000000137. The molecule has 0 bridgehead atoms. The summed E-state index contributed by atoms with van der Waals surface area (Å²) >= 11 is 4.50. The Bertz CT molecular complexity index is 6410. The third-order valence-electron chi connectivity index (χ3n) is 17.2. The smallest absolute Gasteiger partial charge is 0.323 e. The van der Waals surface area contributed by atoms with Gasteiger partial charge >= 0.3 is 18.1 Å². The highest BCUT2D eigenvalue weighted by molar-refractivity contribution is 7.93. The van der Waals surface area contributed by atoms with Gasteiger partial charge < -0.3 is 42.1 Å². The number of sulfonamides is 4. The first kappa shape index (κ1) is 83.0. The lowest BCUT2D eigenvalue weighted by Crippen LogP contribution is -2.32. The topological polar surface area (TPSA) is 454 Å². The van der Waals surface area contributed by atoms with Crippen molar-refractivity contribution in [3.8, 4) is 6.07 Å². The van der Waals surface area contributed by atoms with Gasteiger partial charge in [0.15, 0.2) is 15.4 Å². The van der Waals surface area contributed by atoms with E-state index < -0.39 is 58.2 Å². The molecule has 0 saturated carbocycles. The van der Waals surface area contributed by atoms with Crippen LogP contribution in [0.15, 0.2) is 292 Å². The van der Waals surface area contributed by atoms with Gasteiger partial charge in [0, 0.05) is 140 Å². The number of amides is 7. The van der Waals surface area contributed by atoms with E-state index in [9.17, 15) is 58.1 Å². The highest BCUT2D eigenvalue weighted by atomic mass is 32.2. The average Bonchev–Trinajstić information content (AvgIpc) is 1.82. The number of thiazole rings is 3. The second-order valence-electron chi connectivity index (χ2n) is 25.1. The third-order valence-corrected chi connectivity index (χ3v) is 25.8. The summed E-state index contributed by atoms with van der Waals surface area (Å²) in [5.74, 6) is -0.111. The van der Waals surface area contributed by atoms with Crippen molar-refractivity contribution in [1.82, 2.24) is 34.3 Å². The molecule has 6 aromatic heterocycles. The van der Waals surface area contributed by atoms with Crippen molar-refractivity contribution in [2.75, 3.05) is 74.1 Å². The molecule has 0 unspecified atom stereocenters. The summed E-state index contributed by atoms with van der Waals surface area (Å²) in [4.78, 5) is 75.9. The summed E-state index contributed by atoms with van der Waals surface area (Å²) in [6.45, 7) is 1.58. The van der Waals surface area contributed by atoms with Crippen LogP contribution in [0.2, 0.25) is 0 Å². The van der Waals surface area contributed by atoms with Crippen LogP contribution in [0.1, 0.15) is 24.0 Å². The number of fused-ring (bicyclic) bond motifs is 4. The Morgan fingerprint density at radius 1 is 0.412 bits per heavy atom. The van der Waals surface area contributed by atoms with Gasteiger partial charge in [-0.15, -0.1) is 34.0 Å². The maximum Gasteiger partial charge on any atom is 0.323 e. The minimum atomic E-state index is -3.76. The summed E-state index contributed by atoms with van der Waals surface area (Å²) in [5, 5.41) is 38.7. The fourth-order valence-corrected chi connectivity index (χ4v) is 18.7. The number of aromatic nitrogens is 7. The van der Waals surface area contributed by atoms with Crippen LogP contribution in [0, 0.1) is 11.3 Å². The SMILES string of the molecule is N#Cc1ccc(NC(=O)Nc2ccc(S(=O)(=O)Nc3nccs3)cc2)c2ccccc12.O=C(CCN1CCCc2ccccc21)Nc1ccc(S(=O)(=O)Nc2ncns2)cc1.O=C(Nc1ccc(S(=O)(=O)Nc2nccs2)cc1)Nc1cccc2cccnc12.O=C(Nc1ccc(S(=O)(=O)Nc2nccs2)cc1)Nc1cccc2cnccc12. The van der Waals surface area contributed by atoms with Crippen molar-refractivity contribution in [2.45, 2.75) is 38.8 Å². The summed E-state index contributed by atoms with van der Waals surface area (Å²) in [7, 11) is -15.0. The van der Waals surface area contributed by atoms with E-state index in [0.29, 0.717) is 63.9 Å². The largest absolute Gasteiger partial charge is 0.371 e. The van der Waals surface area contributed by atoms with E-state index in [-0.39, 0.29) is 46.0 Å². The molecular weight excluding hydrogens is 1680 g/mol. The molecule has 119 heavy (non-hydrogen) atoms. The van der Waals surface area contributed by atoms with Gasteiger partial charge in [-0.2, -0.15) is 9.64 Å². The van der Waals surface area contributed by atoms with Crippen LogP contribution in [0.4, 0.5) is 80.4 Å². The standard InChI is InChI=1S/C21H15N5O3S2.C20H21N5O3S2.2C19H15N5O3S2/c22-13-14-5-10-19(18-4-2-1-3-17(14)18)25-20(27)24-15-6-8-16(9-7-15)31(28,29)26-21-23-11-12-30-21;26-19(11-13-25-12-3-5-15-4-1-2-6-18(15)25)23-16-7-9-17(10-8-16)30(27,28)24-20-21-14-22-29-20;25-18(23-16-5-1-3-13-4-2-10-20-17(13)16)22-14-6-8-15(9-7-14)29(26,27)24-19-21-11-12-28-19;25-18(23-17-3-1-2-13-12-20-9-8-16(13)17)22-14-4-6-15(7-5-14)29(26,27)24-19-21-10-11-28-19/h1-12H,(H,23,26)(H2,24,25,27);1-2,4,6-10,14H,3,5,11-13H2,(H,23,26)(H,21,22,24);2*1-12H,(H,21,24)(H2,22,23,25). The molecule has 0 radical (unpaired) electrons. The van der Waals surface area contributed by atoms with Crippen LogP contribution in [-0.2, 0) is 51.3 Å². The zero-order valence-corrected chi connectivity index (χ0v) is 68.2. The first-order valence-corrected chi connectivity index (χ1v) is 44.8. The molecule has 0 fully saturated rings. The van der Waals surface area contributed by atoms with Gasteiger partial charge in [-0.3, -0.25) is 33.7 Å². The number of hydrogen-bond donors (Lipinski definition) is 11. The molecule has 0 spiro atoms. The summed E-state index contributed by atoms with van der Waals surface area (Å²) in [6.07, 6.45) is 13.4. The number of benzene rings is 9. The minimum absolute atomic E-state index is 0.0479. The Hall–Kier alpha value is -13.9. The molecule has 0 aliphatic carbocycles. The number of rotatable bonds is 22. The number of hydrogen-bond acceptors (Lipinski definition) is 25. The highest BCUT2D eigenvalue weighted by Crippen LogP contribution is 2.32. The molecule has 602 valence electrons. The molecule has 0 saturated heterocycles. The van der Waals surface area contributed by atoms with Crippen LogP contribution >= 0.6 is 45.5 Å². The van der Waals surface area contributed by atoms with Crippen LogP contribution in [0.3, 0.4) is 0 Å². The molecule has 7 amide bonds. The van der Waals surface area contributed by atoms with Gasteiger partial charge in [0.2, 0.25) is 11.0 Å². The van der Waals surface area contributed by atoms with Crippen molar-refractivity contribution in [1.29, 1.82) is 5.26 Å². The number of urea groups is 3. The zero-order valence-electron chi connectivity index (χ0n) is 61.7. The Labute approximate surface area is 697 Å². The second kappa shape index (κ2) is 38.2. The Kier molecular flexibility index (Phi) is 26.7. The monoisotopic (exact) mass is 1740 g/mol. The van der Waals surface area contributed by atoms with Crippen LogP contribution in [0.5, 0.6) is 0 Å². The molecule has 11 N–H and O–H groups in total. The fourth-order valence-electron chi connectivity index (χ4n) is 11.7. The number of anilines is 12. The van der Waals surface area contributed by atoms with Crippen molar-refractivity contribution in [3.05, 3.63) is 283 Å². The minimum Gasteiger partial charge on any atom is -0.371 e. The third kappa shape index (κ3) is 22.4. The maximum absolute atomic E-state index is 12.4. The molecule has 15 aromatic rings. The van der Waals surface area contributed by atoms with E-state index in [2.05, 4.69) is 113 Å². The summed E-state index contributed by atoms with van der Waals surface area (Å²) in [6, 6.07) is 59.7. The van der Waals surface area contributed by atoms with Crippen LogP contribution in [-0.4, -0.2) is 105 Å². The van der Waals surface area contributed by atoms with Gasteiger partial charge in [-0.25, -0.2) is 68.0 Å². The van der Waals surface area contributed by atoms with Crippen LogP contribution < -0.4 is 61.0 Å². The van der Waals surface area contributed by atoms with E-state index in [4.69, 9.17) is 0 Å². The first-order valence-electron chi connectivity index (χ1n) is 35.4. The fraction of sp³-hybridized carbons (Fsp3) is 0.0633. The second-order valence-corrected chi connectivity index (χ2v) is 35.3. The van der Waals surface area contributed by atoms with Gasteiger partial charge in [0.1, 0.15) is 6.33 Å². The lowest BCUT2D eigenvalue weighted by atomic mass is 10.0. The van der Waals surface area contributed by atoms with E-state index in [0.717, 1.165) is 57.9 Å². The lowest BCUT2D eigenvalue weighted by Gasteiger charge is -2.31. The number of carbonyl (C=O) groups excluding carboxylic acids is 4. The molecular formula is C79H66N20O12S8. The normalized spacial score (nSPS) is 11.7. The Morgan fingerprint density at radius 2 is 0.874 bits per heavy atom. The molecule has 9 aromatic carbocycles. The summed E-state index contributed by atoms with van der Waals surface area (Å²) in [5.41, 5.74) is 7.38. The number of aryl methyl sites for hydroxylation is 1. The first-order chi connectivity index (χ1) is 57.5.